The number of pyridine rings is 1. The van der Waals surface area contributed by atoms with E-state index in [2.05, 4.69) is 14.8 Å². The number of piperazine rings is 1. The van der Waals surface area contributed by atoms with E-state index < -0.39 is 0 Å². The van der Waals surface area contributed by atoms with Crippen molar-refractivity contribution in [3.05, 3.63) is 59.4 Å². The molecule has 6 nitrogen and oxygen atoms in total. The van der Waals surface area contributed by atoms with Gasteiger partial charge in [0, 0.05) is 50.1 Å². The van der Waals surface area contributed by atoms with Crippen molar-refractivity contribution < 1.29 is 9.59 Å². The Bertz CT molecular complexity index is 835. The van der Waals surface area contributed by atoms with Crippen molar-refractivity contribution >= 4 is 29.1 Å². The van der Waals surface area contributed by atoms with Gasteiger partial charge in [0.2, 0.25) is 5.91 Å². The Morgan fingerprint density at radius 3 is 2.32 bits per heavy atom. The second-order valence-electron chi connectivity index (χ2n) is 7.25. The number of imide groups is 1. The van der Waals surface area contributed by atoms with Crippen molar-refractivity contribution in [2.45, 2.75) is 18.9 Å². The molecular formula is C21H23ClN4O2. The molecule has 0 saturated carbocycles. The average molecular weight is 399 g/mol. The summed E-state index contributed by atoms with van der Waals surface area (Å²) in [7, 11) is 0. The third kappa shape index (κ3) is 4.09. The van der Waals surface area contributed by atoms with Crippen LogP contribution in [0, 0.1) is 0 Å². The number of carbonyl (C=O) groups is 2. The molecule has 0 bridgehead atoms. The molecule has 0 radical (unpaired) electrons. The number of amides is 2. The van der Waals surface area contributed by atoms with E-state index >= 15 is 0 Å². The third-order valence-electron chi connectivity index (χ3n) is 5.52. The number of halogens is 1. The minimum atomic E-state index is -0.356. The largest absolute Gasteiger partial charge is 0.300 e. The van der Waals surface area contributed by atoms with E-state index in [1.165, 1.54) is 10.5 Å². The first kappa shape index (κ1) is 19.1. The molecule has 2 aliphatic heterocycles. The van der Waals surface area contributed by atoms with Gasteiger partial charge < -0.3 is 4.90 Å². The lowest BCUT2D eigenvalue weighted by molar-refractivity contribution is -0.123. The second-order valence-corrected chi connectivity index (χ2v) is 7.68. The Hall–Kier alpha value is -2.28. The van der Waals surface area contributed by atoms with Gasteiger partial charge in [-0.05, 0) is 48.4 Å². The molecule has 1 atom stereocenters. The standard InChI is InChI=1S/C21H23ClN4O2/c22-17-1-3-18(4-2-17)26-20(27)15-19(21(26)28)25-13-11-24(12-14-25)10-7-16-5-8-23-9-6-16/h1-6,8-9,19H,7,10-15H2. The van der Waals surface area contributed by atoms with E-state index in [0.717, 1.165) is 39.1 Å². The lowest BCUT2D eigenvalue weighted by Gasteiger charge is -2.37. The van der Waals surface area contributed by atoms with Gasteiger partial charge in [-0.1, -0.05) is 11.6 Å². The third-order valence-corrected chi connectivity index (χ3v) is 5.77. The van der Waals surface area contributed by atoms with Crippen LogP contribution in [0.15, 0.2) is 48.8 Å². The van der Waals surface area contributed by atoms with Gasteiger partial charge in [-0.15, -0.1) is 0 Å². The summed E-state index contributed by atoms with van der Waals surface area (Å²) in [6.45, 7) is 4.41. The maximum Gasteiger partial charge on any atom is 0.251 e. The maximum atomic E-state index is 12.9. The van der Waals surface area contributed by atoms with E-state index in [4.69, 9.17) is 11.6 Å². The molecule has 2 aromatic rings. The van der Waals surface area contributed by atoms with Gasteiger partial charge in [-0.25, -0.2) is 4.90 Å². The number of rotatable bonds is 5. The SMILES string of the molecule is O=C1CC(N2CCN(CCc3ccncc3)CC2)C(=O)N1c1ccc(Cl)cc1. The number of aromatic nitrogens is 1. The van der Waals surface area contributed by atoms with Crippen molar-refractivity contribution in [2.75, 3.05) is 37.6 Å². The van der Waals surface area contributed by atoms with Gasteiger partial charge in [-0.2, -0.15) is 0 Å². The fraction of sp³-hybridized carbons (Fsp3) is 0.381. The summed E-state index contributed by atoms with van der Waals surface area (Å²) in [4.78, 5) is 35.3. The Morgan fingerprint density at radius 2 is 1.64 bits per heavy atom. The molecule has 1 unspecified atom stereocenters. The van der Waals surface area contributed by atoms with Crippen LogP contribution < -0.4 is 4.90 Å². The lowest BCUT2D eigenvalue weighted by Crippen LogP contribution is -2.52. The van der Waals surface area contributed by atoms with Crippen LogP contribution in [0.4, 0.5) is 5.69 Å². The summed E-state index contributed by atoms with van der Waals surface area (Å²) in [5, 5.41) is 0.585. The van der Waals surface area contributed by atoms with Crippen molar-refractivity contribution in [2.24, 2.45) is 0 Å². The highest BCUT2D eigenvalue weighted by Crippen LogP contribution is 2.27. The normalized spacial score (nSPS) is 21.5. The first-order chi connectivity index (χ1) is 13.6. The Morgan fingerprint density at radius 1 is 0.964 bits per heavy atom. The van der Waals surface area contributed by atoms with Crippen LogP contribution >= 0.6 is 11.6 Å². The van der Waals surface area contributed by atoms with E-state index in [1.807, 2.05) is 24.5 Å². The topological polar surface area (TPSA) is 56.8 Å². The zero-order valence-electron chi connectivity index (χ0n) is 15.6. The van der Waals surface area contributed by atoms with E-state index in [0.29, 0.717) is 10.7 Å². The molecular weight excluding hydrogens is 376 g/mol. The number of carbonyl (C=O) groups excluding carboxylic acids is 2. The molecule has 28 heavy (non-hydrogen) atoms. The van der Waals surface area contributed by atoms with Crippen molar-refractivity contribution in [3.63, 3.8) is 0 Å². The quantitative estimate of drug-likeness (QED) is 0.723. The number of hydrogen-bond donors (Lipinski definition) is 0. The summed E-state index contributed by atoms with van der Waals surface area (Å²) in [6.07, 6.45) is 4.89. The van der Waals surface area contributed by atoms with Crippen molar-refractivity contribution in [1.82, 2.24) is 14.8 Å². The molecule has 2 saturated heterocycles. The van der Waals surface area contributed by atoms with E-state index in [1.54, 1.807) is 24.3 Å². The van der Waals surface area contributed by atoms with Crippen molar-refractivity contribution in [3.8, 4) is 0 Å². The average Bonchev–Trinajstić information content (AvgIpc) is 3.02. The van der Waals surface area contributed by atoms with Gasteiger partial charge in [0.1, 0.15) is 0 Å². The molecule has 7 heteroatoms. The number of nitrogens with zero attached hydrogens (tertiary/aromatic N) is 4. The first-order valence-corrected chi connectivity index (χ1v) is 9.97. The molecule has 0 aliphatic carbocycles. The van der Waals surface area contributed by atoms with E-state index in [-0.39, 0.29) is 24.3 Å². The highest BCUT2D eigenvalue weighted by molar-refractivity contribution is 6.30. The highest BCUT2D eigenvalue weighted by atomic mass is 35.5. The molecule has 4 rings (SSSR count). The second kappa shape index (κ2) is 8.39. The van der Waals surface area contributed by atoms with Gasteiger partial charge >= 0.3 is 0 Å². The Balaban J connectivity index is 1.32. The molecule has 146 valence electrons. The van der Waals surface area contributed by atoms with Gasteiger partial charge in [0.05, 0.1) is 18.2 Å². The van der Waals surface area contributed by atoms with Crippen LogP contribution in [0.3, 0.4) is 0 Å². The fourth-order valence-corrected chi connectivity index (χ4v) is 4.02. The molecule has 2 fully saturated rings. The molecule has 1 aromatic heterocycles. The maximum absolute atomic E-state index is 12.9. The first-order valence-electron chi connectivity index (χ1n) is 9.59. The minimum Gasteiger partial charge on any atom is -0.300 e. The molecule has 2 aliphatic rings. The van der Waals surface area contributed by atoms with Crippen LogP contribution in [-0.2, 0) is 16.0 Å². The van der Waals surface area contributed by atoms with Crippen molar-refractivity contribution in [1.29, 1.82) is 0 Å². The molecule has 1 aromatic carbocycles. The molecule has 2 amide bonds. The summed E-state index contributed by atoms with van der Waals surface area (Å²) in [6, 6.07) is 10.6. The zero-order valence-corrected chi connectivity index (χ0v) is 16.4. The van der Waals surface area contributed by atoms with Crippen LogP contribution in [0.2, 0.25) is 5.02 Å². The molecule has 3 heterocycles. The predicted octanol–water partition coefficient (Wildman–Crippen LogP) is 2.23. The Labute approximate surface area is 169 Å². The smallest absolute Gasteiger partial charge is 0.251 e. The number of anilines is 1. The summed E-state index contributed by atoms with van der Waals surface area (Å²) in [5.74, 6) is -0.269. The van der Waals surface area contributed by atoms with Crippen LogP contribution in [-0.4, -0.2) is 65.4 Å². The summed E-state index contributed by atoms with van der Waals surface area (Å²) >= 11 is 5.92. The lowest BCUT2D eigenvalue weighted by atomic mass is 10.1. The molecule has 0 spiro atoms. The zero-order chi connectivity index (χ0) is 19.5. The van der Waals surface area contributed by atoms with E-state index in [9.17, 15) is 9.59 Å². The predicted molar refractivity (Wildman–Crippen MR) is 108 cm³/mol. The van der Waals surface area contributed by atoms with Gasteiger partial charge in [-0.3, -0.25) is 19.5 Å². The Kier molecular flexibility index (Phi) is 5.71. The van der Waals surface area contributed by atoms with Gasteiger partial charge in [0.25, 0.3) is 5.91 Å². The fourth-order valence-electron chi connectivity index (χ4n) is 3.90. The van der Waals surface area contributed by atoms with Crippen LogP contribution in [0.1, 0.15) is 12.0 Å². The molecule has 0 N–H and O–H groups in total. The summed E-state index contributed by atoms with van der Waals surface area (Å²) < 4.78 is 0. The summed E-state index contributed by atoms with van der Waals surface area (Å²) in [5.41, 5.74) is 1.88. The number of hydrogen-bond acceptors (Lipinski definition) is 5. The van der Waals surface area contributed by atoms with Gasteiger partial charge in [0.15, 0.2) is 0 Å². The van der Waals surface area contributed by atoms with Crippen LogP contribution in [0.5, 0.6) is 0 Å². The number of benzene rings is 1. The highest BCUT2D eigenvalue weighted by Gasteiger charge is 2.43. The minimum absolute atomic E-state index is 0.127. The van der Waals surface area contributed by atoms with Crippen LogP contribution in [0.25, 0.3) is 0 Å². The monoisotopic (exact) mass is 398 g/mol.